The molecule has 1 fully saturated rings. The lowest BCUT2D eigenvalue weighted by Crippen LogP contribution is -2.35. The number of fused-ring (bicyclic) bond motifs is 1. The lowest BCUT2D eigenvalue weighted by molar-refractivity contribution is -0.143. The van der Waals surface area contributed by atoms with Gasteiger partial charge in [-0.15, -0.1) is 0 Å². The van der Waals surface area contributed by atoms with E-state index in [-0.39, 0.29) is 24.8 Å². The third kappa shape index (κ3) is 5.44. The number of carbonyl (C=O) groups is 3. The van der Waals surface area contributed by atoms with Crippen LogP contribution in [0.1, 0.15) is 69.5 Å². The molecule has 0 aromatic heterocycles. The summed E-state index contributed by atoms with van der Waals surface area (Å²) in [5.41, 5.74) is 6.44. The molecule has 0 saturated carbocycles. The van der Waals surface area contributed by atoms with Crippen LogP contribution in [-0.4, -0.2) is 52.8 Å². The minimum Gasteiger partial charge on any atom is -0.481 e. The van der Waals surface area contributed by atoms with Gasteiger partial charge in [0.1, 0.15) is 0 Å². The monoisotopic (exact) mass is 572 g/mol. The first-order valence-electron chi connectivity index (χ1n) is 14.2. The Balaban J connectivity index is 1.52. The summed E-state index contributed by atoms with van der Waals surface area (Å²) in [5, 5.41) is 23.1. The molecule has 0 spiro atoms. The summed E-state index contributed by atoms with van der Waals surface area (Å²) in [6.07, 6.45) is 1.53. The van der Waals surface area contributed by atoms with E-state index in [1.807, 2.05) is 24.8 Å². The highest BCUT2D eigenvalue weighted by Gasteiger charge is 2.48. The minimum absolute atomic E-state index is 0.0323. The number of nitrogens with one attached hydrogen (secondary N) is 1. The molecule has 2 aliphatic rings. The molecule has 0 radical (unpaired) electrons. The number of aryl methyl sites for hydroxylation is 3. The summed E-state index contributed by atoms with van der Waals surface area (Å²) in [6, 6.07) is 13.4. The molecule has 5 rings (SSSR count). The molecule has 0 bridgehead atoms. The van der Waals surface area contributed by atoms with Crippen molar-refractivity contribution in [2.45, 2.75) is 52.5 Å². The Morgan fingerprint density at radius 1 is 0.952 bits per heavy atom. The highest BCUT2D eigenvalue weighted by molar-refractivity contribution is 5.94. The van der Waals surface area contributed by atoms with E-state index >= 15 is 0 Å². The van der Waals surface area contributed by atoms with Crippen LogP contribution < -0.4 is 14.8 Å². The maximum atomic E-state index is 13.6. The summed E-state index contributed by atoms with van der Waals surface area (Å²) in [7, 11) is 0. The lowest BCUT2D eigenvalue weighted by Gasteiger charge is -2.27. The highest BCUT2D eigenvalue weighted by atomic mass is 16.7. The molecule has 3 N–H and O–H groups in total. The molecule has 42 heavy (non-hydrogen) atoms. The first kappa shape index (κ1) is 29.1. The molecule has 3 aromatic rings. The molecule has 9 nitrogen and oxygen atoms in total. The summed E-state index contributed by atoms with van der Waals surface area (Å²) in [4.78, 5) is 40.0. The number of carbonyl (C=O) groups excluding carboxylic acids is 1. The Bertz CT molecular complexity index is 1510. The van der Waals surface area contributed by atoms with E-state index in [4.69, 9.17) is 9.47 Å². The predicted molar refractivity (Wildman–Crippen MR) is 157 cm³/mol. The minimum atomic E-state index is -1.07. The van der Waals surface area contributed by atoms with Gasteiger partial charge in [-0.25, -0.2) is 4.79 Å². The summed E-state index contributed by atoms with van der Waals surface area (Å²) >= 11 is 0. The van der Waals surface area contributed by atoms with Crippen molar-refractivity contribution in [1.29, 1.82) is 0 Å². The number of ether oxygens (including phenoxy) is 2. The average molecular weight is 573 g/mol. The topological polar surface area (TPSA) is 125 Å². The number of amides is 1. The molecule has 1 saturated heterocycles. The third-order valence-corrected chi connectivity index (χ3v) is 8.43. The van der Waals surface area contributed by atoms with Crippen molar-refractivity contribution in [1.82, 2.24) is 4.90 Å². The van der Waals surface area contributed by atoms with Gasteiger partial charge in [-0.05, 0) is 72.7 Å². The molecule has 220 valence electrons. The Hall–Kier alpha value is -4.37. The van der Waals surface area contributed by atoms with Crippen molar-refractivity contribution in [2.24, 2.45) is 5.92 Å². The zero-order chi connectivity index (χ0) is 30.1. The van der Waals surface area contributed by atoms with Gasteiger partial charge in [-0.3, -0.25) is 14.5 Å². The largest absolute Gasteiger partial charge is 0.481 e. The number of aromatic carboxylic acids is 1. The Morgan fingerprint density at radius 2 is 1.62 bits per heavy atom. The number of anilines is 1. The molecule has 0 aliphatic carbocycles. The van der Waals surface area contributed by atoms with Crippen molar-refractivity contribution in [3.63, 3.8) is 0 Å². The van der Waals surface area contributed by atoms with Crippen LogP contribution in [0.3, 0.4) is 0 Å². The fraction of sp³-hybridized carbons (Fsp3) is 0.364. The first-order valence-corrected chi connectivity index (χ1v) is 14.2. The SMILES string of the molecule is CCc1cc(C)cc(CC)c1NC(=O)CN1C[C@H](c2ccc3c(c2C)OCO3)C(C(=O)O)[C@@H]1c1ccc(C(=O)O)cc1. The van der Waals surface area contributed by atoms with Gasteiger partial charge in [-0.2, -0.15) is 0 Å². The first-order chi connectivity index (χ1) is 20.1. The van der Waals surface area contributed by atoms with Gasteiger partial charge in [0.15, 0.2) is 11.5 Å². The van der Waals surface area contributed by atoms with Crippen LogP contribution in [0.15, 0.2) is 48.5 Å². The maximum Gasteiger partial charge on any atom is 0.335 e. The second-order valence-corrected chi connectivity index (χ2v) is 11.0. The van der Waals surface area contributed by atoms with E-state index in [2.05, 4.69) is 31.3 Å². The van der Waals surface area contributed by atoms with Crippen molar-refractivity contribution in [2.75, 3.05) is 25.2 Å². The van der Waals surface area contributed by atoms with Crippen molar-refractivity contribution >= 4 is 23.5 Å². The molecule has 2 heterocycles. The highest BCUT2D eigenvalue weighted by Crippen LogP contribution is 2.49. The lowest BCUT2D eigenvalue weighted by atomic mass is 9.81. The zero-order valence-electron chi connectivity index (χ0n) is 24.3. The van der Waals surface area contributed by atoms with E-state index in [0.29, 0.717) is 23.6 Å². The Morgan fingerprint density at radius 3 is 2.21 bits per heavy atom. The Kier molecular flexibility index (Phi) is 8.22. The van der Waals surface area contributed by atoms with Crippen LogP contribution in [0.4, 0.5) is 5.69 Å². The zero-order valence-corrected chi connectivity index (χ0v) is 24.3. The van der Waals surface area contributed by atoms with Crippen LogP contribution in [0.5, 0.6) is 11.5 Å². The van der Waals surface area contributed by atoms with Crippen LogP contribution in [0.2, 0.25) is 0 Å². The van der Waals surface area contributed by atoms with Gasteiger partial charge in [0, 0.05) is 24.2 Å². The fourth-order valence-electron chi connectivity index (χ4n) is 6.48. The van der Waals surface area contributed by atoms with Gasteiger partial charge in [0.2, 0.25) is 12.7 Å². The van der Waals surface area contributed by atoms with Gasteiger partial charge >= 0.3 is 11.9 Å². The number of benzene rings is 3. The van der Waals surface area contributed by atoms with E-state index in [1.54, 1.807) is 18.2 Å². The van der Waals surface area contributed by atoms with E-state index in [9.17, 15) is 24.6 Å². The van der Waals surface area contributed by atoms with E-state index < -0.39 is 29.8 Å². The molecule has 9 heteroatoms. The average Bonchev–Trinajstić information content (AvgIpc) is 3.59. The van der Waals surface area contributed by atoms with Crippen molar-refractivity contribution in [3.8, 4) is 11.5 Å². The number of likely N-dealkylation sites (tertiary alicyclic amines) is 1. The standard InChI is InChI=1S/C33H36N2O7/c1-5-20-13-18(3)14-21(6-2)29(20)34-27(36)16-35-15-25(24-11-12-26-31(19(24)4)42-17-41-26)28(33(39)40)30(35)22-7-9-23(10-8-22)32(37)38/h7-14,25,28,30H,5-6,15-17H2,1-4H3,(H,34,36)(H,37,38)(H,39,40)/t25-,28?,30+/m1/s1. The van der Waals surface area contributed by atoms with E-state index in [0.717, 1.165) is 46.3 Å². The molecule has 3 atom stereocenters. The third-order valence-electron chi connectivity index (χ3n) is 8.43. The normalized spacial score (nSPS) is 19.6. The van der Waals surface area contributed by atoms with Gasteiger partial charge in [0.05, 0.1) is 18.0 Å². The number of carboxylic acid groups (broad SMARTS) is 2. The number of nitrogens with zero attached hydrogens (tertiary/aromatic N) is 1. The summed E-state index contributed by atoms with van der Waals surface area (Å²) in [5.74, 6) is -2.42. The maximum absolute atomic E-state index is 13.6. The quantitative estimate of drug-likeness (QED) is 0.314. The second-order valence-electron chi connectivity index (χ2n) is 11.0. The van der Waals surface area contributed by atoms with Crippen molar-refractivity contribution in [3.05, 3.63) is 87.5 Å². The Labute approximate surface area is 245 Å². The van der Waals surface area contributed by atoms with Gasteiger partial charge < -0.3 is 25.0 Å². The number of hydrogen-bond acceptors (Lipinski definition) is 6. The van der Waals surface area contributed by atoms with Crippen LogP contribution in [-0.2, 0) is 22.4 Å². The number of hydrogen-bond donors (Lipinski definition) is 3. The van der Waals surface area contributed by atoms with Gasteiger partial charge in [-0.1, -0.05) is 49.7 Å². The number of carboxylic acids is 2. The number of aliphatic carboxylic acids is 1. The molecule has 1 unspecified atom stereocenters. The van der Waals surface area contributed by atoms with E-state index in [1.165, 1.54) is 12.1 Å². The number of rotatable bonds is 9. The predicted octanol–water partition coefficient (Wildman–Crippen LogP) is 5.34. The van der Waals surface area contributed by atoms with Crippen LogP contribution in [0, 0.1) is 19.8 Å². The van der Waals surface area contributed by atoms with Crippen LogP contribution >= 0.6 is 0 Å². The molecular formula is C33H36N2O7. The smallest absolute Gasteiger partial charge is 0.335 e. The fourth-order valence-corrected chi connectivity index (χ4v) is 6.48. The summed E-state index contributed by atoms with van der Waals surface area (Å²) in [6.45, 7) is 8.42. The molecule has 2 aliphatic heterocycles. The van der Waals surface area contributed by atoms with Crippen molar-refractivity contribution < 1.29 is 34.1 Å². The molecule has 3 aromatic carbocycles. The summed E-state index contributed by atoms with van der Waals surface area (Å²) < 4.78 is 11.2. The second kappa shape index (κ2) is 11.9. The van der Waals surface area contributed by atoms with Gasteiger partial charge in [0.25, 0.3) is 0 Å². The molecule has 1 amide bonds. The molecular weight excluding hydrogens is 536 g/mol. The van der Waals surface area contributed by atoms with Crippen LogP contribution in [0.25, 0.3) is 0 Å².